The predicted molar refractivity (Wildman–Crippen MR) is 166 cm³/mol. The maximum absolute atomic E-state index is 15.5. The molecule has 3 aromatic rings. The molecule has 0 bridgehead atoms. The van der Waals surface area contributed by atoms with Gasteiger partial charge in [0.15, 0.2) is 18.4 Å². The summed E-state index contributed by atoms with van der Waals surface area (Å²) < 4.78 is 57.9. The van der Waals surface area contributed by atoms with Gasteiger partial charge in [-0.25, -0.2) is 14.0 Å². The standard InChI is InChI=1S/C30H25Cl3FNO8S/c1-40-35-18-25(34)30(42-29(37)15-13-21-10-6-3-7-11-21)26(19-41-28(36)14-12-20-8-4-2-5-9-20)43-44(38,39)27-17-23(32)22(31)16-24(27)33/h2-18,25-26,30H,19H2,1H3. The number of hydrogen-bond acceptors (Lipinski definition) is 9. The van der Waals surface area contributed by atoms with Gasteiger partial charge in [0.1, 0.15) is 18.6 Å². The normalized spacial score (nSPS) is 14.0. The highest BCUT2D eigenvalue weighted by molar-refractivity contribution is 7.87. The molecule has 0 aliphatic rings. The summed E-state index contributed by atoms with van der Waals surface area (Å²) in [5.41, 5.74) is 1.30. The van der Waals surface area contributed by atoms with Crippen LogP contribution in [0.4, 0.5) is 4.39 Å². The van der Waals surface area contributed by atoms with Gasteiger partial charge in [-0.05, 0) is 35.4 Å². The minimum absolute atomic E-state index is 0.0390. The number of hydrogen-bond donors (Lipinski definition) is 0. The van der Waals surface area contributed by atoms with E-state index in [-0.39, 0.29) is 15.1 Å². The summed E-state index contributed by atoms with van der Waals surface area (Å²) in [5.74, 6) is -2.00. The zero-order chi connectivity index (χ0) is 32.1. The Bertz CT molecular complexity index is 1620. The first kappa shape index (κ1) is 34.7. The van der Waals surface area contributed by atoms with Crippen LogP contribution in [0.1, 0.15) is 11.1 Å². The van der Waals surface area contributed by atoms with Gasteiger partial charge in [0, 0.05) is 12.2 Å². The van der Waals surface area contributed by atoms with E-state index in [0.717, 1.165) is 31.4 Å². The lowest BCUT2D eigenvalue weighted by Crippen LogP contribution is -2.45. The third-order valence-electron chi connectivity index (χ3n) is 5.55. The number of benzene rings is 3. The van der Waals surface area contributed by atoms with Gasteiger partial charge in [-0.2, -0.15) is 8.42 Å². The Morgan fingerprint density at radius 3 is 1.98 bits per heavy atom. The maximum Gasteiger partial charge on any atom is 0.331 e. The average molecular weight is 685 g/mol. The lowest BCUT2D eigenvalue weighted by atomic mass is 10.1. The molecule has 0 amide bonds. The molecule has 3 unspecified atom stereocenters. The number of alkyl halides is 1. The summed E-state index contributed by atoms with van der Waals surface area (Å²) in [6, 6.07) is 19.4. The van der Waals surface area contributed by atoms with Crippen molar-refractivity contribution in [1.29, 1.82) is 0 Å². The van der Waals surface area contributed by atoms with Crippen molar-refractivity contribution in [3.8, 4) is 0 Å². The maximum atomic E-state index is 15.5. The monoisotopic (exact) mass is 683 g/mol. The van der Waals surface area contributed by atoms with Crippen molar-refractivity contribution in [3.05, 3.63) is 111 Å². The summed E-state index contributed by atoms with van der Waals surface area (Å²) >= 11 is 18.0. The molecule has 0 saturated carbocycles. The van der Waals surface area contributed by atoms with Crippen molar-refractivity contribution >= 4 is 75.2 Å². The molecule has 0 aliphatic carbocycles. The Morgan fingerprint density at radius 2 is 1.41 bits per heavy atom. The molecule has 0 aliphatic heterocycles. The number of carbonyl (C=O) groups is 2. The molecular weight excluding hydrogens is 660 g/mol. The van der Waals surface area contributed by atoms with Crippen LogP contribution in [0.25, 0.3) is 12.2 Å². The number of halogens is 4. The Hall–Kier alpha value is -3.74. The fourth-order valence-corrected chi connectivity index (χ4v) is 5.53. The number of nitrogens with zero attached hydrogens (tertiary/aromatic N) is 1. The molecular formula is C30H25Cl3FNO8S. The highest BCUT2D eigenvalue weighted by Gasteiger charge is 2.38. The summed E-state index contributed by atoms with van der Waals surface area (Å²) in [5, 5.41) is 2.77. The molecule has 0 saturated heterocycles. The summed E-state index contributed by atoms with van der Waals surface area (Å²) in [6.45, 7) is -0.891. The zero-order valence-electron chi connectivity index (χ0n) is 22.9. The molecule has 0 spiro atoms. The minimum atomic E-state index is -4.86. The minimum Gasteiger partial charge on any atom is -0.460 e. The van der Waals surface area contributed by atoms with E-state index in [2.05, 4.69) is 9.99 Å². The van der Waals surface area contributed by atoms with Crippen LogP contribution in [0.2, 0.25) is 15.1 Å². The number of oxime groups is 1. The number of esters is 2. The van der Waals surface area contributed by atoms with Crippen molar-refractivity contribution in [2.45, 2.75) is 23.3 Å². The zero-order valence-corrected chi connectivity index (χ0v) is 26.0. The van der Waals surface area contributed by atoms with Gasteiger partial charge in [-0.1, -0.05) is 101 Å². The van der Waals surface area contributed by atoms with Crippen molar-refractivity contribution in [2.75, 3.05) is 13.7 Å². The molecule has 14 heteroatoms. The summed E-state index contributed by atoms with van der Waals surface area (Å²) in [7, 11) is -3.72. The van der Waals surface area contributed by atoms with Gasteiger partial charge in [-0.3, -0.25) is 4.18 Å². The van der Waals surface area contributed by atoms with Crippen LogP contribution in [0.5, 0.6) is 0 Å². The molecule has 232 valence electrons. The second-order valence-electron chi connectivity index (χ2n) is 8.69. The van der Waals surface area contributed by atoms with Crippen LogP contribution >= 0.6 is 34.8 Å². The van der Waals surface area contributed by atoms with Crippen molar-refractivity contribution < 1.29 is 40.9 Å². The van der Waals surface area contributed by atoms with E-state index in [9.17, 15) is 18.0 Å². The van der Waals surface area contributed by atoms with Crippen LogP contribution in [0.15, 0.2) is 95.0 Å². The highest BCUT2D eigenvalue weighted by Crippen LogP contribution is 2.33. The van der Waals surface area contributed by atoms with Gasteiger partial charge in [0.25, 0.3) is 10.1 Å². The van der Waals surface area contributed by atoms with Crippen LogP contribution in [0, 0.1) is 0 Å². The lowest BCUT2D eigenvalue weighted by molar-refractivity contribution is -0.155. The van der Waals surface area contributed by atoms with E-state index >= 15 is 4.39 Å². The molecule has 0 fully saturated rings. The Kier molecular flexibility index (Phi) is 13.4. The molecule has 3 aromatic carbocycles. The largest absolute Gasteiger partial charge is 0.460 e. The second kappa shape index (κ2) is 16.9. The van der Waals surface area contributed by atoms with Crippen LogP contribution in [0.3, 0.4) is 0 Å². The molecule has 0 N–H and O–H groups in total. The van der Waals surface area contributed by atoms with Gasteiger partial charge in [-0.15, -0.1) is 0 Å². The third-order valence-corrected chi connectivity index (χ3v) is 8.07. The first-order valence-corrected chi connectivity index (χ1v) is 15.2. The predicted octanol–water partition coefficient (Wildman–Crippen LogP) is 6.57. The highest BCUT2D eigenvalue weighted by atomic mass is 35.5. The van der Waals surface area contributed by atoms with Crippen LogP contribution in [-0.2, 0) is 38.2 Å². The van der Waals surface area contributed by atoms with Crippen molar-refractivity contribution in [2.24, 2.45) is 5.16 Å². The van der Waals surface area contributed by atoms with E-state index in [1.54, 1.807) is 60.7 Å². The van der Waals surface area contributed by atoms with E-state index in [4.69, 9.17) is 48.5 Å². The van der Waals surface area contributed by atoms with Crippen molar-refractivity contribution in [3.63, 3.8) is 0 Å². The molecule has 0 radical (unpaired) electrons. The van der Waals surface area contributed by atoms with Crippen LogP contribution in [-0.4, -0.2) is 58.7 Å². The quantitative estimate of drug-likeness (QED) is 0.0467. The molecule has 3 rings (SSSR count). The van der Waals surface area contributed by atoms with E-state index in [0.29, 0.717) is 17.3 Å². The average Bonchev–Trinajstić information content (AvgIpc) is 3.01. The third kappa shape index (κ3) is 10.8. The molecule has 9 nitrogen and oxygen atoms in total. The fraction of sp³-hybridized carbons (Fsp3) is 0.167. The molecule has 44 heavy (non-hydrogen) atoms. The lowest BCUT2D eigenvalue weighted by Gasteiger charge is -2.27. The topological polar surface area (TPSA) is 118 Å². The number of ether oxygens (including phenoxy) is 2. The van der Waals surface area contributed by atoms with E-state index in [1.807, 2.05) is 0 Å². The second-order valence-corrected chi connectivity index (χ2v) is 11.4. The van der Waals surface area contributed by atoms with Gasteiger partial charge >= 0.3 is 11.9 Å². The van der Waals surface area contributed by atoms with Crippen molar-refractivity contribution in [1.82, 2.24) is 0 Å². The first-order valence-electron chi connectivity index (χ1n) is 12.6. The van der Waals surface area contributed by atoms with Gasteiger partial charge < -0.3 is 14.3 Å². The SMILES string of the molecule is CON=CC(F)C(OC(=O)C=Cc1ccccc1)C(COC(=O)C=Cc1ccccc1)OS(=O)(=O)c1cc(Cl)c(Cl)cc1Cl. The number of rotatable bonds is 14. The van der Waals surface area contributed by atoms with Gasteiger partial charge in [0.2, 0.25) is 0 Å². The Balaban J connectivity index is 1.94. The van der Waals surface area contributed by atoms with Gasteiger partial charge in [0.05, 0.1) is 21.3 Å². The molecule has 0 aromatic heterocycles. The number of carbonyl (C=O) groups excluding carboxylic acids is 2. The van der Waals surface area contributed by atoms with E-state index < -0.39 is 51.9 Å². The fourth-order valence-electron chi connectivity index (χ4n) is 3.48. The summed E-state index contributed by atoms with van der Waals surface area (Å²) in [6.07, 6.45) is -0.752. The molecule has 0 heterocycles. The molecule has 3 atom stereocenters. The van der Waals surface area contributed by atoms with Crippen LogP contribution < -0.4 is 0 Å². The Labute approximate surface area is 268 Å². The first-order chi connectivity index (χ1) is 21.0. The van der Waals surface area contributed by atoms with E-state index in [1.165, 1.54) is 12.2 Å². The summed E-state index contributed by atoms with van der Waals surface area (Å²) in [4.78, 5) is 29.2. The smallest absolute Gasteiger partial charge is 0.331 e. The Morgan fingerprint density at radius 1 is 0.864 bits per heavy atom.